The normalized spacial score (nSPS) is 10.5. The Morgan fingerprint density at radius 2 is 1.81 bits per heavy atom. The van der Waals surface area contributed by atoms with Gasteiger partial charge in [0.1, 0.15) is 5.75 Å². The van der Waals surface area contributed by atoms with Crippen molar-refractivity contribution < 1.29 is 14.3 Å². The van der Waals surface area contributed by atoms with E-state index < -0.39 is 0 Å². The maximum atomic E-state index is 12.6. The van der Waals surface area contributed by atoms with Crippen LogP contribution in [0.25, 0.3) is 0 Å². The van der Waals surface area contributed by atoms with Crippen molar-refractivity contribution in [2.45, 2.75) is 27.2 Å². The molecule has 0 aliphatic carbocycles. The van der Waals surface area contributed by atoms with Crippen LogP contribution in [0.3, 0.4) is 0 Å². The second kappa shape index (κ2) is 9.61. The molecule has 0 radical (unpaired) electrons. The number of hydrogen-bond donors (Lipinski definition) is 2. The fourth-order valence-corrected chi connectivity index (χ4v) is 2.31. The third-order valence-electron chi connectivity index (χ3n) is 3.64. The summed E-state index contributed by atoms with van der Waals surface area (Å²) in [6, 6.07) is 14.0. The summed E-state index contributed by atoms with van der Waals surface area (Å²) in [5.41, 5.74) is 1.41. The van der Waals surface area contributed by atoms with E-state index in [0.717, 1.165) is 6.42 Å². The van der Waals surface area contributed by atoms with Crippen molar-refractivity contribution in [3.8, 4) is 5.75 Å². The molecule has 0 saturated carbocycles. The number of carbonyl (C=O) groups excluding carboxylic acids is 2. The van der Waals surface area contributed by atoms with Gasteiger partial charge in [-0.3, -0.25) is 9.59 Å². The summed E-state index contributed by atoms with van der Waals surface area (Å²) < 4.78 is 5.67. The summed E-state index contributed by atoms with van der Waals surface area (Å²) in [6.45, 7) is 7.30. The fraction of sp³-hybridized carbons (Fsp3) is 0.333. The van der Waals surface area contributed by atoms with Crippen LogP contribution in [0, 0.1) is 5.92 Å². The molecule has 0 bridgehead atoms. The molecule has 2 aromatic carbocycles. The maximum Gasteiger partial charge on any atom is 0.255 e. The van der Waals surface area contributed by atoms with Gasteiger partial charge in [0.2, 0.25) is 0 Å². The van der Waals surface area contributed by atoms with E-state index in [-0.39, 0.29) is 11.8 Å². The SMILES string of the molecule is CCCNC(=O)c1ccccc1NC(=O)c1cccc(OCC(C)C)c1. The molecule has 0 fully saturated rings. The molecular formula is C21H26N2O3. The molecule has 0 aliphatic rings. The Kier molecular flexibility index (Phi) is 7.21. The van der Waals surface area contributed by atoms with Gasteiger partial charge in [-0.15, -0.1) is 0 Å². The van der Waals surface area contributed by atoms with Crippen molar-refractivity contribution in [2.75, 3.05) is 18.5 Å². The van der Waals surface area contributed by atoms with E-state index in [0.29, 0.717) is 41.6 Å². The molecule has 2 N–H and O–H groups in total. The molecule has 2 aromatic rings. The zero-order valence-electron chi connectivity index (χ0n) is 15.5. The minimum Gasteiger partial charge on any atom is -0.493 e. The van der Waals surface area contributed by atoms with E-state index >= 15 is 0 Å². The number of para-hydroxylation sites is 1. The Morgan fingerprint density at radius 1 is 1.04 bits per heavy atom. The first-order chi connectivity index (χ1) is 12.5. The molecule has 2 rings (SSSR count). The lowest BCUT2D eigenvalue weighted by Gasteiger charge is -2.12. The Bertz CT molecular complexity index is 756. The number of ether oxygens (including phenoxy) is 1. The number of rotatable bonds is 8. The highest BCUT2D eigenvalue weighted by Gasteiger charge is 2.14. The molecular weight excluding hydrogens is 328 g/mol. The summed E-state index contributed by atoms with van der Waals surface area (Å²) in [5, 5.41) is 5.65. The zero-order chi connectivity index (χ0) is 18.9. The molecule has 2 amide bonds. The quantitative estimate of drug-likeness (QED) is 0.749. The lowest BCUT2D eigenvalue weighted by Crippen LogP contribution is -2.25. The van der Waals surface area contributed by atoms with Crippen molar-refractivity contribution in [1.29, 1.82) is 0 Å². The van der Waals surface area contributed by atoms with Crippen LogP contribution in [-0.4, -0.2) is 25.0 Å². The Hall–Kier alpha value is -2.82. The van der Waals surface area contributed by atoms with Crippen LogP contribution in [0.15, 0.2) is 48.5 Å². The van der Waals surface area contributed by atoms with Crippen LogP contribution in [0.5, 0.6) is 5.75 Å². The Balaban J connectivity index is 2.13. The average molecular weight is 354 g/mol. The third-order valence-corrected chi connectivity index (χ3v) is 3.64. The van der Waals surface area contributed by atoms with Gasteiger partial charge in [0, 0.05) is 12.1 Å². The molecule has 0 aliphatic heterocycles. The molecule has 0 unspecified atom stereocenters. The number of carbonyl (C=O) groups is 2. The molecule has 0 saturated heterocycles. The van der Waals surface area contributed by atoms with Gasteiger partial charge < -0.3 is 15.4 Å². The van der Waals surface area contributed by atoms with E-state index in [1.54, 1.807) is 42.5 Å². The van der Waals surface area contributed by atoms with E-state index in [2.05, 4.69) is 24.5 Å². The molecule has 5 heteroatoms. The van der Waals surface area contributed by atoms with Crippen LogP contribution < -0.4 is 15.4 Å². The van der Waals surface area contributed by atoms with Crippen molar-refractivity contribution in [2.24, 2.45) is 5.92 Å². The maximum absolute atomic E-state index is 12.6. The number of anilines is 1. The molecule has 0 spiro atoms. The van der Waals surface area contributed by atoms with Gasteiger partial charge in [0.05, 0.1) is 17.9 Å². The first-order valence-electron chi connectivity index (χ1n) is 8.92. The standard InChI is InChI=1S/C21H26N2O3/c1-4-12-22-21(25)18-10-5-6-11-19(18)23-20(24)16-8-7-9-17(13-16)26-14-15(2)3/h5-11,13,15H,4,12,14H2,1-3H3,(H,22,25)(H,23,24). The summed E-state index contributed by atoms with van der Waals surface area (Å²) >= 11 is 0. The van der Waals surface area contributed by atoms with Gasteiger partial charge in [0.25, 0.3) is 11.8 Å². The predicted octanol–water partition coefficient (Wildman–Crippen LogP) is 4.11. The highest BCUT2D eigenvalue weighted by atomic mass is 16.5. The first kappa shape index (κ1) is 19.5. The number of nitrogens with one attached hydrogen (secondary N) is 2. The number of amides is 2. The first-order valence-corrected chi connectivity index (χ1v) is 8.92. The Labute approximate surface area is 154 Å². The van der Waals surface area contributed by atoms with Gasteiger partial charge in [-0.05, 0) is 42.7 Å². The summed E-state index contributed by atoms with van der Waals surface area (Å²) in [6.07, 6.45) is 0.851. The molecule has 26 heavy (non-hydrogen) atoms. The van der Waals surface area contributed by atoms with Gasteiger partial charge in [-0.2, -0.15) is 0 Å². The summed E-state index contributed by atoms with van der Waals surface area (Å²) in [7, 11) is 0. The van der Waals surface area contributed by atoms with Gasteiger partial charge in [-0.1, -0.05) is 39.0 Å². The van der Waals surface area contributed by atoms with Crippen LogP contribution in [0.2, 0.25) is 0 Å². The molecule has 5 nitrogen and oxygen atoms in total. The minimum absolute atomic E-state index is 0.197. The Morgan fingerprint density at radius 3 is 2.54 bits per heavy atom. The number of hydrogen-bond acceptors (Lipinski definition) is 3. The second-order valence-corrected chi connectivity index (χ2v) is 6.49. The fourth-order valence-electron chi connectivity index (χ4n) is 2.31. The predicted molar refractivity (Wildman–Crippen MR) is 104 cm³/mol. The second-order valence-electron chi connectivity index (χ2n) is 6.49. The van der Waals surface area contributed by atoms with Crippen LogP contribution in [0.4, 0.5) is 5.69 Å². The van der Waals surface area contributed by atoms with Crippen LogP contribution >= 0.6 is 0 Å². The van der Waals surface area contributed by atoms with E-state index in [4.69, 9.17) is 4.74 Å². The molecule has 138 valence electrons. The van der Waals surface area contributed by atoms with Crippen LogP contribution in [-0.2, 0) is 0 Å². The van der Waals surface area contributed by atoms with Crippen molar-refractivity contribution >= 4 is 17.5 Å². The van der Waals surface area contributed by atoms with E-state index in [1.165, 1.54) is 0 Å². The zero-order valence-corrected chi connectivity index (χ0v) is 15.5. The minimum atomic E-state index is -0.282. The van der Waals surface area contributed by atoms with E-state index in [1.807, 2.05) is 13.0 Å². The van der Waals surface area contributed by atoms with Crippen molar-refractivity contribution in [1.82, 2.24) is 5.32 Å². The molecule has 0 heterocycles. The summed E-state index contributed by atoms with van der Waals surface area (Å²) in [4.78, 5) is 24.9. The highest BCUT2D eigenvalue weighted by Crippen LogP contribution is 2.19. The monoisotopic (exact) mass is 354 g/mol. The lowest BCUT2D eigenvalue weighted by atomic mass is 10.1. The van der Waals surface area contributed by atoms with Gasteiger partial charge in [-0.25, -0.2) is 0 Å². The summed E-state index contributed by atoms with van der Waals surface area (Å²) in [5.74, 6) is 0.578. The molecule has 0 aromatic heterocycles. The lowest BCUT2D eigenvalue weighted by molar-refractivity contribution is 0.0954. The van der Waals surface area contributed by atoms with Crippen molar-refractivity contribution in [3.63, 3.8) is 0 Å². The molecule has 0 atom stereocenters. The third kappa shape index (κ3) is 5.62. The van der Waals surface area contributed by atoms with Gasteiger partial charge >= 0.3 is 0 Å². The topological polar surface area (TPSA) is 67.4 Å². The largest absolute Gasteiger partial charge is 0.493 e. The smallest absolute Gasteiger partial charge is 0.255 e. The highest BCUT2D eigenvalue weighted by molar-refractivity contribution is 6.09. The number of benzene rings is 2. The van der Waals surface area contributed by atoms with Gasteiger partial charge in [0.15, 0.2) is 0 Å². The van der Waals surface area contributed by atoms with E-state index in [9.17, 15) is 9.59 Å². The van der Waals surface area contributed by atoms with Crippen LogP contribution in [0.1, 0.15) is 47.9 Å². The van der Waals surface area contributed by atoms with Crippen molar-refractivity contribution in [3.05, 3.63) is 59.7 Å². The average Bonchev–Trinajstić information content (AvgIpc) is 2.65.